The highest BCUT2D eigenvalue weighted by Gasteiger charge is 2.55. The van der Waals surface area contributed by atoms with Crippen LogP contribution in [0.5, 0.6) is 0 Å². The lowest BCUT2D eigenvalue weighted by Gasteiger charge is -2.49. The lowest BCUT2D eigenvalue weighted by Crippen LogP contribution is -2.50. The van der Waals surface area contributed by atoms with Crippen molar-refractivity contribution in [1.82, 2.24) is 0 Å². The van der Waals surface area contributed by atoms with Crippen molar-refractivity contribution in [3.8, 4) is 0 Å². The number of fused-ring (bicyclic) bond motifs is 2. The molecule has 8 atom stereocenters. The Hall–Kier alpha value is -1.75. The van der Waals surface area contributed by atoms with Crippen LogP contribution in [0.3, 0.4) is 0 Å². The first-order valence-electron chi connectivity index (χ1n) is 22.2. The molecule has 56 heavy (non-hydrogen) atoms. The van der Waals surface area contributed by atoms with Gasteiger partial charge in [-0.25, -0.2) is 9.59 Å². The summed E-state index contributed by atoms with van der Waals surface area (Å²) >= 11 is 0. The Labute approximate surface area is 346 Å². The highest BCUT2D eigenvalue weighted by molar-refractivity contribution is 6.74. The van der Waals surface area contributed by atoms with E-state index >= 15 is 0 Å². The molecule has 0 saturated heterocycles. The van der Waals surface area contributed by atoms with Crippen molar-refractivity contribution in [2.75, 3.05) is 13.2 Å². The summed E-state index contributed by atoms with van der Waals surface area (Å²) in [5.74, 6) is 1.74. The number of ether oxygens (including phenoxy) is 2. The fourth-order valence-corrected chi connectivity index (χ4v) is 13.1. The number of carbonyl (C=O) groups is 2. The zero-order valence-electron chi connectivity index (χ0n) is 38.7. The van der Waals surface area contributed by atoms with Gasteiger partial charge < -0.3 is 18.3 Å². The molecule has 4 aliphatic carbocycles. The van der Waals surface area contributed by atoms with E-state index in [2.05, 4.69) is 101 Å². The van der Waals surface area contributed by atoms with Crippen LogP contribution < -0.4 is 0 Å². The summed E-state index contributed by atoms with van der Waals surface area (Å²) in [7, 11) is -3.51. The van der Waals surface area contributed by atoms with E-state index in [0.717, 1.165) is 25.2 Å². The zero-order valence-corrected chi connectivity index (χ0v) is 40.7. The van der Waals surface area contributed by atoms with Gasteiger partial charge in [-0.05, 0) is 149 Å². The molecule has 4 saturated carbocycles. The van der Waals surface area contributed by atoms with Crippen LogP contribution in [0.25, 0.3) is 0 Å². The van der Waals surface area contributed by atoms with Gasteiger partial charge in [0.15, 0.2) is 16.6 Å². The zero-order chi connectivity index (χ0) is 42.3. The van der Waals surface area contributed by atoms with Gasteiger partial charge in [-0.2, -0.15) is 0 Å². The second kappa shape index (κ2) is 19.5. The summed E-state index contributed by atoms with van der Waals surface area (Å²) in [6.07, 6.45) is 22.6. The van der Waals surface area contributed by atoms with Gasteiger partial charge in [-0.15, -0.1) is 0 Å². The van der Waals surface area contributed by atoms with Crippen LogP contribution in [0.1, 0.15) is 147 Å². The second-order valence-corrected chi connectivity index (χ2v) is 30.7. The number of allylic oxidation sites excluding steroid dienone is 5. The minimum Gasteiger partial charge on any atom is -0.463 e. The molecule has 6 nitrogen and oxygen atoms in total. The number of esters is 2. The number of hydrogen-bond donors (Lipinski definition) is 0. The Bertz CT molecular complexity index is 1430. The number of hydrogen-bond acceptors (Lipinski definition) is 6. The first-order valence-corrected chi connectivity index (χ1v) is 28.0. The van der Waals surface area contributed by atoms with Crippen molar-refractivity contribution >= 4 is 28.6 Å². The van der Waals surface area contributed by atoms with Crippen molar-refractivity contribution in [2.45, 2.75) is 195 Å². The number of carbonyl (C=O) groups excluding carboxylic acids is 2. The average Bonchev–Trinajstić information content (AvgIpc) is 3.61. The molecule has 320 valence electrons. The van der Waals surface area contributed by atoms with Gasteiger partial charge in [0.05, 0.1) is 13.2 Å². The van der Waals surface area contributed by atoms with E-state index in [1.54, 1.807) is 13.0 Å². The summed E-state index contributed by atoms with van der Waals surface area (Å²) < 4.78 is 23.9. The maximum atomic E-state index is 11.9. The molecular weight excluding hydrogens is 729 g/mol. The van der Waals surface area contributed by atoms with Crippen LogP contribution in [0.2, 0.25) is 36.3 Å². The average molecular weight is 813 g/mol. The highest BCUT2D eigenvalue weighted by Crippen LogP contribution is 2.60. The Morgan fingerprint density at radius 3 is 1.55 bits per heavy atom. The third-order valence-corrected chi connectivity index (χ3v) is 24.4. The van der Waals surface area contributed by atoms with E-state index in [-0.39, 0.29) is 22.4 Å². The fraction of sp³-hybridized carbons (Fsp3) is 0.792. The summed E-state index contributed by atoms with van der Waals surface area (Å²) in [5.41, 5.74) is 3.24. The quantitative estimate of drug-likeness (QED) is 0.0606. The Balaban J connectivity index is 0.000000340. The van der Waals surface area contributed by atoms with Crippen molar-refractivity contribution in [3.05, 3.63) is 48.1 Å². The molecule has 2 unspecified atom stereocenters. The molecular formula is C48H84O6Si2. The van der Waals surface area contributed by atoms with E-state index in [9.17, 15) is 9.59 Å². The molecule has 0 spiro atoms. The fourth-order valence-electron chi connectivity index (χ4n) is 10.3. The molecule has 0 aromatic carbocycles. The van der Waals surface area contributed by atoms with E-state index < -0.39 is 16.6 Å². The van der Waals surface area contributed by atoms with Crippen molar-refractivity contribution in [2.24, 2.45) is 34.5 Å². The maximum Gasteiger partial charge on any atom is 0.330 e. The highest BCUT2D eigenvalue weighted by atomic mass is 28.4. The predicted octanol–water partition coefficient (Wildman–Crippen LogP) is 13.3. The van der Waals surface area contributed by atoms with Crippen LogP contribution >= 0.6 is 0 Å². The van der Waals surface area contributed by atoms with E-state index in [1.165, 1.54) is 68.2 Å². The first-order chi connectivity index (χ1) is 25.8. The third-order valence-electron chi connectivity index (χ3n) is 15.4. The van der Waals surface area contributed by atoms with Crippen LogP contribution in [0, 0.1) is 34.5 Å². The van der Waals surface area contributed by atoms with E-state index in [1.807, 2.05) is 13.0 Å². The van der Waals surface area contributed by atoms with Gasteiger partial charge in [0, 0.05) is 24.4 Å². The second-order valence-electron chi connectivity index (χ2n) is 21.2. The van der Waals surface area contributed by atoms with Crippen LogP contribution in [-0.2, 0) is 27.9 Å². The minimum atomic E-state index is -1.86. The van der Waals surface area contributed by atoms with Crippen molar-refractivity contribution in [1.29, 1.82) is 0 Å². The first kappa shape index (κ1) is 48.6. The molecule has 0 aliphatic heterocycles. The van der Waals surface area contributed by atoms with Crippen molar-refractivity contribution < 1.29 is 27.9 Å². The minimum absolute atomic E-state index is 0.145. The van der Waals surface area contributed by atoms with Gasteiger partial charge in [-0.3, -0.25) is 0 Å². The van der Waals surface area contributed by atoms with Crippen LogP contribution in [-0.4, -0.2) is 54.0 Å². The smallest absolute Gasteiger partial charge is 0.330 e. The van der Waals surface area contributed by atoms with Gasteiger partial charge in [0.1, 0.15) is 0 Å². The number of rotatable bonds is 13. The normalized spacial score (nSPS) is 31.4. The monoisotopic (exact) mass is 813 g/mol. The molecule has 0 radical (unpaired) electrons. The van der Waals surface area contributed by atoms with Gasteiger partial charge in [0.25, 0.3) is 0 Å². The molecule has 0 heterocycles. The predicted molar refractivity (Wildman–Crippen MR) is 240 cm³/mol. The van der Waals surface area contributed by atoms with Crippen LogP contribution in [0.4, 0.5) is 0 Å². The Kier molecular flexibility index (Phi) is 17.0. The summed E-state index contributed by atoms with van der Waals surface area (Å²) in [5, 5.41) is 0.507. The molecule has 0 bridgehead atoms. The third kappa shape index (κ3) is 11.7. The van der Waals surface area contributed by atoms with E-state index in [0.29, 0.717) is 60.0 Å². The van der Waals surface area contributed by atoms with Gasteiger partial charge in [-0.1, -0.05) is 104 Å². The molecule has 4 aliphatic rings. The SMILES string of the molecule is C=C(C)[C@H]1CCC2[C@@H](O[Si](C)(C)C(C)(C)C)CCC[C@@]21C.CCOC(=O)C=C/C=C(/C/C=C/C(=O)OCC)[C@H]1CCC2[C@@H](O[Si](C)(C)C(C)(C)C)CCC[C@@]21C. The van der Waals surface area contributed by atoms with Gasteiger partial charge in [0.2, 0.25) is 0 Å². The molecule has 0 N–H and O–H groups in total. The largest absolute Gasteiger partial charge is 0.463 e. The molecule has 0 amide bonds. The summed E-state index contributed by atoms with van der Waals surface area (Å²) in [6, 6.07) is 0. The molecule has 0 aromatic rings. The molecule has 4 rings (SSSR count). The van der Waals surface area contributed by atoms with Gasteiger partial charge >= 0.3 is 11.9 Å². The maximum absolute atomic E-state index is 11.9. The lowest BCUT2D eigenvalue weighted by atomic mass is 9.62. The summed E-state index contributed by atoms with van der Waals surface area (Å²) in [6.45, 7) is 39.3. The van der Waals surface area contributed by atoms with E-state index in [4.69, 9.17) is 18.3 Å². The molecule has 4 fully saturated rings. The molecule has 8 heteroatoms. The summed E-state index contributed by atoms with van der Waals surface area (Å²) in [4.78, 5) is 23.7. The Morgan fingerprint density at radius 2 is 1.12 bits per heavy atom. The Morgan fingerprint density at radius 1 is 0.696 bits per heavy atom. The van der Waals surface area contributed by atoms with Crippen LogP contribution in [0.15, 0.2) is 48.1 Å². The molecule has 0 aromatic heterocycles. The standard InChI is InChI=1S/C29H48O5Si.C19H36OSi/c1-9-32-26(30)17-11-14-22(15-12-18-27(31)33-10-2)23-19-20-24-25(16-13-21-29(23,24)6)34-35(7,8)28(3,4)5;1-14(2)15-11-12-16-17(10-9-13-19(15,16)6)20-21(7,8)18(3,4)5/h11-12,14,17-18,23-25H,9-10,13,15-16,19-21H2,1-8H3;15-17H,1,9-13H2,2-8H3/b17-11?,18-12+,22-14-;/t23-,24?,25+,29-;15-,16?,17+,19-/m11/s1. The van der Waals surface area contributed by atoms with Crippen molar-refractivity contribution in [3.63, 3.8) is 0 Å². The lowest BCUT2D eigenvalue weighted by molar-refractivity contribution is -0.138. The topological polar surface area (TPSA) is 71.1 Å².